The molecule has 3 N–H and O–H groups in total. The smallest absolute Gasteiger partial charge is 0.158 e. The third-order valence-corrected chi connectivity index (χ3v) is 2.54. The van der Waals surface area contributed by atoms with Crippen LogP contribution in [0.15, 0.2) is 24.3 Å². The van der Waals surface area contributed by atoms with E-state index in [1.54, 1.807) is 6.07 Å². The molecular weight excluding hydrogens is 259 g/mol. The molecular formula is C14H17FN4O. The van der Waals surface area contributed by atoms with Gasteiger partial charge in [-0.05, 0) is 37.6 Å². The lowest BCUT2D eigenvalue weighted by molar-refractivity contribution is 0.128. The summed E-state index contributed by atoms with van der Waals surface area (Å²) in [5.74, 6) is 1.04. The van der Waals surface area contributed by atoms with E-state index in [2.05, 4.69) is 15.3 Å². The number of hydrogen-bond acceptors (Lipinski definition) is 5. The van der Waals surface area contributed by atoms with Gasteiger partial charge in [0.2, 0.25) is 0 Å². The SMILES string of the molecule is CCOCc1nc(N)cc(Nc2cc(C)cc(F)c2)n1. The first-order valence-corrected chi connectivity index (χ1v) is 6.32. The number of nitrogens with two attached hydrogens (primary N) is 1. The predicted octanol–water partition coefficient (Wildman–Crippen LogP) is 2.79. The summed E-state index contributed by atoms with van der Waals surface area (Å²) in [6.07, 6.45) is 0. The van der Waals surface area contributed by atoms with Crippen molar-refractivity contribution in [3.63, 3.8) is 0 Å². The number of halogens is 1. The van der Waals surface area contributed by atoms with Gasteiger partial charge in [0.15, 0.2) is 5.82 Å². The van der Waals surface area contributed by atoms with Gasteiger partial charge in [0.1, 0.15) is 24.1 Å². The summed E-state index contributed by atoms with van der Waals surface area (Å²) in [6.45, 7) is 4.58. The summed E-state index contributed by atoms with van der Waals surface area (Å²) in [6, 6.07) is 6.27. The molecule has 0 fully saturated rings. The topological polar surface area (TPSA) is 73.1 Å². The summed E-state index contributed by atoms with van der Waals surface area (Å²) < 4.78 is 18.6. The molecule has 5 nitrogen and oxygen atoms in total. The molecule has 20 heavy (non-hydrogen) atoms. The monoisotopic (exact) mass is 276 g/mol. The maximum Gasteiger partial charge on any atom is 0.158 e. The van der Waals surface area contributed by atoms with Crippen LogP contribution in [0.3, 0.4) is 0 Å². The fraction of sp³-hybridized carbons (Fsp3) is 0.286. The summed E-state index contributed by atoms with van der Waals surface area (Å²) in [7, 11) is 0. The lowest BCUT2D eigenvalue weighted by Gasteiger charge is -2.09. The summed E-state index contributed by atoms with van der Waals surface area (Å²) in [5.41, 5.74) is 7.16. The van der Waals surface area contributed by atoms with E-state index in [4.69, 9.17) is 10.5 Å². The van der Waals surface area contributed by atoms with Crippen LogP contribution in [-0.4, -0.2) is 16.6 Å². The Morgan fingerprint density at radius 3 is 2.75 bits per heavy atom. The number of nitrogens with zero attached hydrogens (tertiary/aromatic N) is 2. The van der Waals surface area contributed by atoms with Crippen molar-refractivity contribution in [3.8, 4) is 0 Å². The van der Waals surface area contributed by atoms with Crippen molar-refractivity contribution < 1.29 is 9.13 Å². The number of anilines is 3. The maximum atomic E-state index is 13.3. The van der Waals surface area contributed by atoms with Crippen LogP contribution in [0, 0.1) is 12.7 Å². The molecule has 0 atom stereocenters. The van der Waals surface area contributed by atoms with Crippen LogP contribution in [0.4, 0.5) is 21.7 Å². The normalized spacial score (nSPS) is 10.6. The first-order valence-electron chi connectivity index (χ1n) is 6.32. The Balaban J connectivity index is 2.21. The molecule has 0 unspecified atom stereocenters. The van der Waals surface area contributed by atoms with Gasteiger partial charge in [-0.3, -0.25) is 0 Å². The van der Waals surface area contributed by atoms with Gasteiger partial charge in [-0.2, -0.15) is 0 Å². The highest BCUT2D eigenvalue weighted by Crippen LogP contribution is 2.19. The lowest BCUT2D eigenvalue weighted by atomic mass is 10.2. The van der Waals surface area contributed by atoms with Crippen LogP contribution in [0.2, 0.25) is 0 Å². The van der Waals surface area contributed by atoms with Crippen LogP contribution < -0.4 is 11.1 Å². The third kappa shape index (κ3) is 3.89. The van der Waals surface area contributed by atoms with Crippen LogP contribution in [0.1, 0.15) is 18.3 Å². The van der Waals surface area contributed by atoms with Crippen molar-refractivity contribution in [2.75, 3.05) is 17.7 Å². The molecule has 0 saturated heterocycles. The fourth-order valence-electron chi connectivity index (χ4n) is 1.80. The first-order chi connectivity index (χ1) is 9.56. The zero-order valence-electron chi connectivity index (χ0n) is 11.5. The zero-order chi connectivity index (χ0) is 14.5. The van der Waals surface area contributed by atoms with Gasteiger partial charge in [-0.25, -0.2) is 14.4 Å². The van der Waals surface area contributed by atoms with Gasteiger partial charge in [-0.1, -0.05) is 0 Å². The molecule has 2 rings (SSSR count). The van der Waals surface area contributed by atoms with Gasteiger partial charge in [0, 0.05) is 18.4 Å². The molecule has 1 aromatic carbocycles. The van der Waals surface area contributed by atoms with Crippen molar-refractivity contribution in [2.24, 2.45) is 0 Å². The number of benzene rings is 1. The van der Waals surface area contributed by atoms with Crippen molar-refractivity contribution in [3.05, 3.63) is 41.5 Å². The predicted molar refractivity (Wildman–Crippen MR) is 76.2 cm³/mol. The highest BCUT2D eigenvalue weighted by Gasteiger charge is 2.05. The lowest BCUT2D eigenvalue weighted by Crippen LogP contribution is -2.05. The Kier molecular flexibility index (Phi) is 4.47. The number of aromatic nitrogens is 2. The molecule has 106 valence electrons. The van der Waals surface area contributed by atoms with Gasteiger partial charge in [-0.15, -0.1) is 0 Å². The zero-order valence-corrected chi connectivity index (χ0v) is 11.5. The average Bonchev–Trinajstić information content (AvgIpc) is 2.34. The number of aryl methyl sites for hydroxylation is 1. The van der Waals surface area contributed by atoms with Crippen molar-refractivity contribution in [1.29, 1.82) is 0 Å². The molecule has 1 heterocycles. The number of hydrogen-bond donors (Lipinski definition) is 2. The van der Waals surface area contributed by atoms with Crippen molar-refractivity contribution >= 4 is 17.3 Å². The van der Waals surface area contributed by atoms with Crippen LogP contribution >= 0.6 is 0 Å². The molecule has 0 amide bonds. The molecule has 0 bridgehead atoms. The Morgan fingerprint density at radius 1 is 1.25 bits per heavy atom. The molecule has 2 aromatic rings. The summed E-state index contributed by atoms with van der Waals surface area (Å²) >= 11 is 0. The minimum Gasteiger partial charge on any atom is -0.384 e. The molecule has 6 heteroatoms. The van der Waals surface area contributed by atoms with Crippen LogP contribution in [0.5, 0.6) is 0 Å². The second-order valence-electron chi connectivity index (χ2n) is 4.37. The average molecular weight is 276 g/mol. The minimum atomic E-state index is -0.302. The van der Waals surface area contributed by atoms with Crippen molar-refractivity contribution in [1.82, 2.24) is 9.97 Å². The van der Waals surface area contributed by atoms with Crippen molar-refractivity contribution in [2.45, 2.75) is 20.5 Å². The van der Waals surface area contributed by atoms with Gasteiger partial charge in [0.05, 0.1) is 0 Å². The molecule has 0 aliphatic rings. The molecule has 0 spiro atoms. The Bertz CT molecular complexity index is 583. The Hall–Kier alpha value is -2.21. The highest BCUT2D eigenvalue weighted by atomic mass is 19.1. The second kappa shape index (κ2) is 6.29. The second-order valence-corrected chi connectivity index (χ2v) is 4.37. The van der Waals surface area contributed by atoms with Crippen LogP contribution in [-0.2, 0) is 11.3 Å². The molecule has 0 aliphatic carbocycles. The summed E-state index contributed by atoms with van der Waals surface area (Å²) in [5, 5.41) is 3.02. The van der Waals surface area contributed by atoms with E-state index in [0.717, 1.165) is 5.56 Å². The third-order valence-electron chi connectivity index (χ3n) is 2.54. The maximum absolute atomic E-state index is 13.3. The Morgan fingerprint density at radius 2 is 2.05 bits per heavy atom. The molecule has 0 saturated carbocycles. The highest BCUT2D eigenvalue weighted by molar-refractivity contribution is 5.59. The van der Waals surface area contributed by atoms with E-state index in [9.17, 15) is 4.39 Å². The van der Waals surface area contributed by atoms with E-state index in [0.29, 0.717) is 36.4 Å². The number of ether oxygens (including phenoxy) is 1. The standard InChI is InChI=1S/C14H17FN4O/c1-3-20-8-14-18-12(16)7-13(19-14)17-11-5-9(2)4-10(15)6-11/h4-7H,3,8H2,1-2H3,(H3,16,17,18,19). The minimum absolute atomic E-state index is 0.290. The molecule has 0 aliphatic heterocycles. The first kappa shape index (κ1) is 14.2. The fourth-order valence-corrected chi connectivity index (χ4v) is 1.80. The number of nitrogens with one attached hydrogen (secondary N) is 1. The summed E-state index contributed by atoms with van der Waals surface area (Å²) in [4.78, 5) is 8.35. The molecule has 0 radical (unpaired) electrons. The van der Waals surface area contributed by atoms with Gasteiger partial charge >= 0.3 is 0 Å². The van der Waals surface area contributed by atoms with E-state index in [1.165, 1.54) is 12.1 Å². The van der Waals surface area contributed by atoms with E-state index in [1.807, 2.05) is 19.9 Å². The largest absolute Gasteiger partial charge is 0.384 e. The van der Waals surface area contributed by atoms with E-state index >= 15 is 0 Å². The van der Waals surface area contributed by atoms with E-state index in [-0.39, 0.29) is 5.82 Å². The van der Waals surface area contributed by atoms with Gasteiger partial charge < -0.3 is 15.8 Å². The number of nitrogen functional groups attached to an aromatic ring is 1. The van der Waals surface area contributed by atoms with Gasteiger partial charge in [0.25, 0.3) is 0 Å². The van der Waals surface area contributed by atoms with Crippen LogP contribution in [0.25, 0.3) is 0 Å². The number of rotatable bonds is 5. The quantitative estimate of drug-likeness (QED) is 0.878. The van der Waals surface area contributed by atoms with E-state index < -0.39 is 0 Å². The molecule has 1 aromatic heterocycles. The Labute approximate surface area is 117 Å².